The van der Waals surface area contributed by atoms with Crippen LogP contribution in [0, 0.1) is 0 Å². The zero-order valence-electron chi connectivity index (χ0n) is 11.6. The van der Waals surface area contributed by atoms with Gasteiger partial charge in [-0.2, -0.15) is 0 Å². The Kier molecular flexibility index (Phi) is 2.99. The van der Waals surface area contributed by atoms with Crippen molar-refractivity contribution in [2.45, 2.75) is 25.3 Å². The predicted octanol–water partition coefficient (Wildman–Crippen LogP) is 1.70. The maximum Gasteiger partial charge on any atom is 0.180 e. The lowest BCUT2D eigenvalue weighted by atomic mass is 10.2. The molecule has 0 aliphatic carbocycles. The summed E-state index contributed by atoms with van der Waals surface area (Å²) in [6.07, 6.45) is 7.39. The van der Waals surface area contributed by atoms with Crippen molar-refractivity contribution in [1.29, 1.82) is 0 Å². The van der Waals surface area contributed by atoms with E-state index >= 15 is 0 Å². The number of nitrogens with zero attached hydrogens (tertiary/aromatic N) is 5. The predicted molar refractivity (Wildman–Crippen MR) is 78.8 cm³/mol. The summed E-state index contributed by atoms with van der Waals surface area (Å²) in [5, 5.41) is 0. The van der Waals surface area contributed by atoms with Gasteiger partial charge in [-0.05, 0) is 44.5 Å². The van der Waals surface area contributed by atoms with Crippen LogP contribution in [0.4, 0.5) is 5.82 Å². The first-order valence-electron chi connectivity index (χ1n) is 7.47. The zero-order valence-corrected chi connectivity index (χ0v) is 11.6. The van der Waals surface area contributed by atoms with Crippen LogP contribution < -0.4 is 4.90 Å². The SMILES string of the molecule is c1cnc2nc(N3CC[C@H](N4CCCC4)C3)ccc2n1. The Morgan fingerprint density at radius 2 is 1.85 bits per heavy atom. The molecule has 2 aromatic heterocycles. The van der Waals surface area contributed by atoms with Crippen molar-refractivity contribution in [3.8, 4) is 0 Å². The number of pyridine rings is 1. The number of hydrogen-bond acceptors (Lipinski definition) is 5. The van der Waals surface area contributed by atoms with Gasteiger partial charge in [0.15, 0.2) is 5.65 Å². The van der Waals surface area contributed by atoms with Gasteiger partial charge in [0.2, 0.25) is 0 Å². The van der Waals surface area contributed by atoms with Crippen molar-refractivity contribution in [1.82, 2.24) is 19.9 Å². The van der Waals surface area contributed by atoms with Gasteiger partial charge in [-0.1, -0.05) is 0 Å². The summed E-state index contributed by atoms with van der Waals surface area (Å²) in [6, 6.07) is 4.80. The van der Waals surface area contributed by atoms with Gasteiger partial charge < -0.3 is 4.90 Å². The Balaban J connectivity index is 1.54. The lowest BCUT2D eigenvalue weighted by Crippen LogP contribution is -2.35. The molecular weight excluding hydrogens is 250 g/mol. The molecule has 0 radical (unpaired) electrons. The third-order valence-corrected chi connectivity index (χ3v) is 4.46. The molecule has 0 saturated carbocycles. The van der Waals surface area contributed by atoms with Gasteiger partial charge in [0.05, 0.1) is 0 Å². The molecule has 1 atom stereocenters. The number of anilines is 1. The average Bonchev–Trinajstić information content (AvgIpc) is 3.17. The Labute approximate surface area is 118 Å². The molecule has 0 spiro atoms. The molecule has 104 valence electrons. The second-order valence-electron chi connectivity index (χ2n) is 5.70. The minimum Gasteiger partial charge on any atom is -0.355 e. The van der Waals surface area contributed by atoms with Gasteiger partial charge in [-0.25, -0.2) is 9.97 Å². The molecule has 5 nitrogen and oxygen atoms in total. The highest BCUT2D eigenvalue weighted by molar-refractivity contribution is 5.71. The molecular formula is C15H19N5. The molecule has 2 saturated heterocycles. The van der Waals surface area contributed by atoms with Crippen LogP contribution >= 0.6 is 0 Å². The van der Waals surface area contributed by atoms with E-state index in [1.807, 2.05) is 6.07 Å². The quantitative estimate of drug-likeness (QED) is 0.830. The van der Waals surface area contributed by atoms with Gasteiger partial charge >= 0.3 is 0 Å². The third-order valence-electron chi connectivity index (χ3n) is 4.46. The Hall–Kier alpha value is -1.75. The van der Waals surface area contributed by atoms with Crippen LogP contribution in [0.3, 0.4) is 0 Å². The van der Waals surface area contributed by atoms with E-state index in [1.54, 1.807) is 12.4 Å². The van der Waals surface area contributed by atoms with E-state index in [1.165, 1.54) is 32.4 Å². The summed E-state index contributed by atoms with van der Waals surface area (Å²) >= 11 is 0. The highest BCUT2D eigenvalue weighted by Crippen LogP contribution is 2.24. The highest BCUT2D eigenvalue weighted by Gasteiger charge is 2.29. The van der Waals surface area contributed by atoms with Gasteiger partial charge in [0.1, 0.15) is 11.3 Å². The largest absolute Gasteiger partial charge is 0.355 e. The van der Waals surface area contributed by atoms with E-state index in [0.29, 0.717) is 6.04 Å². The third kappa shape index (κ3) is 2.12. The van der Waals surface area contributed by atoms with Crippen LogP contribution in [-0.2, 0) is 0 Å². The minimum atomic E-state index is 0.705. The summed E-state index contributed by atoms with van der Waals surface area (Å²) in [5.74, 6) is 1.04. The van der Waals surface area contributed by atoms with E-state index in [-0.39, 0.29) is 0 Å². The lowest BCUT2D eigenvalue weighted by Gasteiger charge is -2.24. The first-order valence-corrected chi connectivity index (χ1v) is 7.47. The molecule has 5 heteroatoms. The molecule has 2 aromatic rings. The molecule has 0 N–H and O–H groups in total. The highest BCUT2D eigenvalue weighted by atomic mass is 15.3. The van der Waals surface area contributed by atoms with Gasteiger partial charge in [0.25, 0.3) is 0 Å². The van der Waals surface area contributed by atoms with Gasteiger partial charge in [0, 0.05) is 31.5 Å². The van der Waals surface area contributed by atoms with Crippen LogP contribution in [0.25, 0.3) is 11.2 Å². The monoisotopic (exact) mass is 269 g/mol. The number of likely N-dealkylation sites (tertiary alicyclic amines) is 1. The maximum absolute atomic E-state index is 4.65. The number of hydrogen-bond donors (Lipinski definition) is 0. The Bertz CT molecular complexity index is 608. The zero-order chi connectivity index (χ0) is 13.4. The van der Waals surface area contributed by atoms with Crippen molar-refractivity contribution in [2.24, 2.45) is 0 Å². The average molecular weight is 269 g/mol. The molecule has 0 bridgehead atoms. The number of fused-ring (bicyclic) bond motifs is 1. The first-order chi connectivity index (χ1) is 9.90. The van der Waals surface area contributed by atoms with E-state index in [2.05, 4.69) is 30.8 Å². The fraction of sp³-hybridized carbons (Fsp3) is 0.533. The fourth-order valence-corrected chi connectivity index (χ4v) is 3.38. The van der Waals surface area contributed by atoms with Crippen LogP contribution in [-0.4, -0.2) is 52.1 Å². The summed E-state index contributed by atoms with van der Waals surface area (Å²) in [7, 11) is 0. The molecule has 20 heavy (non-hydrogen) atoms. The Morgan fingerprint density at radius 3 is 2.75 bits per heavy atom. The van der Waals surface area contributed by atoms with Crippen LogP contribution in [0.1, 0.15) is 19.3 Å². The second kappa shape index (κ2) is 4.98. The second-order valence-corrected chi connectivity index (χ2v) is 5.70. The first kappa shape index (κ1) is 12.0. The standard InChI is InChI=1S/C15H19N5/c1-2-9-19(8-1)12-5-10-20(11-12)14-4-3-13-15(18-14)17-7-6-16-13/h3-4,6-7,12H,1-2,5,8-11H2/t12-/m0/s1. The van der Waals surface area contributed by atoms with Crippen molar-refractivity contribution < 1.29 is 0 Å². The van der Waals surface area contributed by atoms with Crippen LogP contribution in [0.5, 0.6) is 0 Å². The normalized spacial score (nSPS) is 23.8. The molecule has 2 aliphatic heterocycles. The van der Waals surface area contributed by atoms with Crippen molar-refractivity contribution >= 4 is 17.0 Å². The van der Waals surface area contributed by atoms with E-state index in [9.17, 15) is 0 Å². The van der Waals surface area contributed by atoms with Crippen molar-refractivity contribution in [2.75, 3.05) is 31.1 Å². The minimum absolute atomic E-state index is 0.705. The van der Waals surface area contributed by atoms with Gasteiger partial charge in [-0.3, -0.25) is 9.88 Å². The molecule has 0 unspecified atom stereocenters. The van der Waals surface area contributed by atoms with Crippen LogP contribution in [0.2, 0.25) is 0 Å². The van der Waals surface area contributed by atoms with E-state index < -0.39 is 0 Å². The molecule has 2 aliphatic rings. The smallest absolute Gasteiger partial charge is 0.180 e. The van der Waals surface area contributed by atoms with Crippen molar-refractivity contribution in [3.05, 3.63) is 24.5 Å². The van der Waals surface area contributed by atoms with Crippen molar-refractivity contribution in [3.63, 3.8) is 0 Å². The van der Waals surface area contributed by atoms with E-state index in [4.69, 9.17) is 0 Å². The molecule has 4 rings (SSSR count). The van der Waals surface area contributed by atoms with Crippen LogP contribution in [0.15, 0.2) is 24.5 Å². The van der Waals surface area contributed by atoms with E-state index in [0.717, 1.165) is 30.1 Å². The summed E-state index contributed by atoms with van der Waals surface area (Å²) in [6.45, 7) is 4.74. The molecule has 0 amide bonds. The number of rotatable bonds is 2. The summed E-state index contributed by atoms with van der Waals surface area (Å²) < 4.78 is 0. The fourth-order valence-electron chi connectivity index (χ4n) is 3.38. The van der Waals surface area contributed by atoms with Gasteiger partial charge in [-0.15, -0.1) is 0 Å². The summed E-state index contributed by atoms with van der Waals surface area (Å²) in [5.41, 5.74) is 1.61. The lowest BCUT2D eigenvalue weighted by molar-refractivity contribution is 0.260. The topological polar surface area (TPSA) is 45.2 Å². The molecule has 2 fully saturated rings. The maximum atomic E-state index is 4.65. The number of aromatic nitrogens is 3. The molecule has 0 aromatic carbocycles. The summed E-state index contributed by atoms with van der Waals surface area (Å²) in [4.78, 5) is 18.3. The molecule has 4 heterocycles. The Morgan fingerprint density at radius 1 is 1.00 bits per heavy atom.